The Morgan fingerprint density at radius 3 is 2.37 bits per heavy atom. The van der Waals surface area contributed by atoms with Gasteiger partial charge in [-0.2, -0.15) is 0 Å². The molecule has 19 heavy (non-hydrogen) atoms. The molecule has 4 nitrogen and oxygen atoms in total. The summed E-state index contributed by atoms with van der Waals surface area (Å²) in [7, 11) is 0. The van der Waals surface area contributed by atoms with Crippen LogP contribution in [0.25, 0.3) is 0 Å². The molecule has 3 N–H and O–H groups in total. The standard InChI is InChI=1S/C12H8Br3N3O/c13-6-4-7(14)11(8(15)5-6)18-12(19)9-2-1-3-10(16)17-9/h1-5H,(H2,16,17)(H,18,19). The van der Waals surface area contributed by atoms with Crippen molar-refractivity contribution < 1.29 is 4.79 Å². The van der Waals surface area contributed by atoms with Crippen LogP contribution in [0.2, 0.25) is 0 Å². The number of hydrogen-bond acceptors (Lipinski definition) is 3. The number of hydrogen-bond donors (Lipinski definition) is 2. The highest BCUT2D eigenvalue weighted by molar-refractivity contribution is 9.11. The molecule has 1 aromatic carbocycles. The number of amides is 1. The molecule has 0 aliphatic heterocycles. The maximum Gasteiger partial charge on any atom is 0.274 e. The molecule has 0 radical (unpaired) electrons. The summed E-state index contributed by atoms with van der Waals surface area (Å²) < 4.78 is 2.41. The van der Waals surface area contributed by atoms with Crippen molar-refractivity contribution >= 4 is 65.2 Å². The molecule has 0 atom stereocenters. The maximum atomic E-state index is 12.1. The van der Waals surface area contributed by atoms with E-state index in [1.54, 1.807) is 18.2 Å². The summed E-state index contributed by atoms with van der Waals surface area (Å²) in [5.74, 6) is -0.0161. The van der Waals surface area contributed by atoms with Crippen molar-refractivity contribution in [3.05, 3.63) is 49.4 Å². The van der Waals surface area contributed by atoms with E-state index < -0.39 is 0 Å². The Bertz CT molecular complexity index is 623. The number of halogens is 3. The molecule has 1 heterocycles. The fourth-order valence-corrected chi connectivity index (χ4v) is 3.87. The predicted molar refractivity (Wildman–Crippen MR) is 86.1 cm³/mol. The van der Waals surface area contributed by atoms with E-state index in [0.29, 0.717) is 11.5 Å². The van der Waals surface area contributed by atoms with E-state index in [-0.39, 0.29) is 11.6 Å². The number of anilines is 2. The van der Waals surface area contributed by atoms with E-state index in [1.807, 2.05) is 12.1 Å². The Balaban J connectivity index is 2.29. The number of aromatic nitrogens is 1. The number of nitrogen functional groups attached to an aromatic ring is 1. The van der Waals surface area contributed by atoms with E-state index in [4.69, 9.17) is 5.73 Å². The monoisotopic (exact) mass is 447 g/mol. The van der Waals surface area contributed by atoms with Crippen LogP contribution >= 0.6 is 47.8 Å². The highest BCUT2D eigenvalue weighted by atomic mass is 79.9. The number of nitrogens with zero attached hydrogens (tertiary/aromatic N) is 1. The largest absolute Gasteiger partial charge is 0.384 e. The van der Waals surface area contributed by atoms with Gasteiger partial charge in [0.2, 0.25) is 0 Å². The number of nitrogens with two attached hydrogens (primary N) is 1. The highest BCUT2D eigenvalue weighted by Crippen LogP contribution is 2.34. The Hall–Kier alpha value is -0.920. The van der Waals surface area contributed by atoms with Gasteiger partial charge in [-0.1, -0.05) is 22.0 Å². The van der Waals surface area contributed by atoms with Gasteiger partial charge >= 0.3 is 0 Å². The molecule has 0 bridgehead atoms. The van der Waals surface area contributed by atoms with Crippen LogP contribution in [-0.2, 0) is 0 Å². The van der Waals surface area contributed by atoms with Crippen molar-refractivity contribution in [2.75, 3.05) is 11.1 Å². The van der Waals surface area contributed by atoms with E-state index in [9.17, 15) is 4.79 Å². The van der Waals surface area contributed by atoms with Crippen molar-refractivity contribution in [3.8, 4) is 0 Å². The van der Waals surface area contributed by atoms with Gasteiger partial charge in [0, 0.05) is 13.4 Å². The third-order valence-electron chi connectivity index (χ3n) is 2.25. The van der Waals surface area contributed by atoms with Crippen LogP contribution in [0.4, 0.5) is 11.5 Å². The van der Waals surface area contributed by atoms with Crippen molar-refractivity contribution in [3.63, 3.8) is 0 Å². The predicted octanol–water partition coefficient (Wildman–Crippen LogP) is 4.20. The van der Waals surface area contributed by atoms with Crippen LogP contribution in [0.1, 0.15) is 10.5 Å². The molecule has 0 fully saturated rings. The lowest BCUT2D eigenvalue weighted by atomic mass is 10.3. The Morgan fingerprint density at radius 2 is 1.79 bits per heavy atom. The van der Waals surface area contributed by atoms with E-state index in [0.717, 1.165) is 13.4 Å². The Kier molecular flexibility index (Phi) is 4.59. The van der Waals surface area contributed by atoms with Crippen LogP contribution in [-0.4, -0.2) is 10.9 Å². The molecule has 1 aromatic heterocycles. The lowest BCUT2D eigenvalue weighted by molar-refractivity contribution is 0.102. The van der Waals surface area contributed by atoms with Gasteiger partial charge in [0.15, 0.2) is 0 Å². The fraction of sp³-hybridized carbons (Fsp3) is 0. The third kappa shape index (κ3) is 3.55. The molecule has 0 aliphatic rings. The summed E-state index contributed by atoms with van der Waals surface area (Å²) in [6, 6.07) is 8.60. The minimum atomic E-state index is -0.323. The molecular weight excluding hydrogens is 442 g/mol. The second-order valence-electron chi connectivity index (χ2n) is 3.65. The van der Waals surface area contributed by atoms with Crippen LogP contribution in [0.15, 0.2) is 43.7 Å². The first kappa shape index (κ1) is 14.5. The molecule has 1 amide bonds. The van der Waals surface area contributed by atoms with Gasteiger partial charge in [0.25, 0.3) is 5.91 Å². The first-order valence-corrected chi connectivity index (χ1v) is 7.53. The lowest BCUT2D eigenvalue weighted by Crippen LogP contribution is -2.15. The number of nitrogens with one attached hydrogen (secondary N) is 1. The summed E-state index contributed by atoms with van der Waals surface area (Å²) in [5.41, 5.74) is 6.46. The van der Waals surface area contributed by atoms with Gasteiger partial charge in [-0.05, 0) is 56.1 Å². The number of carbonyl (C=O) groups excluding carboxylic acids is 1. The Labute approximate surface area is 135 Å². The molecule has 0 aliphatic carbocycles. The zero-order valence-electron chi connectivity index (χ0n) is 9.45. The number of benzene rings is 1. The van der Waals surface area contributed by atoms with Crippen molar-refractivity contribution in [1.82, 2.24) is 4.98 Å². The van der Waals surface area contributed by atoms with Crippen molar-refractivity contribution in [1.29, 1.82) is 0 Å². The smallest absolute Gasteiger partial charge is 0.274 e. The number of pyridine rings is 1. The van der Waals surface area contributed by atoms with Gasteiger partial charge in [-0.15, -0.1) is 0 Å². The fourth-order valence-electron chi connectivity index (χ4n) is 1.42. The second-order valence-corrected chi connectivity index (χ2v) is 6.27. The molecule has 7 heteroatoms. The lowest BCUT2D eigenvalue weighted by Gasteiger charge is -2.10. The van der Waals surface area contributed by atoms with E-state index >= 15 is 0 Å². The minimum Gasteiger partial charge on any atom is -0.384 e. The average Bonchev–Trinajstić information content (AvgIpc) is 2.33. The molecule has 2 aromatic rings. The summed E-state index contributed by atoms with van der Waals surface area (Å²) in [4.78, 5) is 16.0. The SMILES string of the molecule is Nc1cccc(C(=O)Nc2c(Br)cc(Br)cc2Br)n1. The van der Waals surface area contributed by atoms with Gasteiger partial charge in [-0.3, -0.25) is 4.79 Å². The summed E-state index contributed by atoms with van der Waals surface area (Å²) >= 11 is 10.2. The average molecular weight is 450 g/mol. The van der Waals surface area contributed by atoms with Crippen molar-refractivity contribution in [2.45, 2.75) is 0 Å². The van der Waals surface area contributed by atoms with Gasteiger partial charge in [-0.25, -0.2) is 4.98 Å². The summed E-state index contributed by atoms with van der Waals surface area (Å²) in [6.45, 7) is 0. The number of carbonyl (C=O) groups is 1. The van der Waals surface area contributed by atoms with Crippen LogP contribution in [0.3, 0.4) is 0 Å². The highest BCUT2D eigenvalue weighted by Gasteiger charge is 2.13. The van der Waals surface area contributed by atoms with Crippen LogP contribution in [0, 0.1) is 0 Å². The molecule has 2 rings (SSSR count). The quantitative estimate of drug-likeness (QED) is 0.721. The minimum absolute atomic E-state index is 0.265. The van der Waals surface area contributed by atoms with Gasteiger partial charge < -0.3 is 11.1 Å². The molecule has 0 unspecified atom stereocenters. The van der Waals surface area contributed by atoms with E-state index in [1.165, 1.54) is 0 Å². The first-order valence-electron chi connectivity index (χ1n) is 5.16. The zero-order valence-corrected chi connectivity index (χ0v) is 14.2. The molecule has 0 saturated heterocycles. The van der Waals surface area contributed by atoms with Crippen molar-refractivity contribution in [2.24, 2.45) is 0 Å². The van der Waals surface area contributed by atoms with E-state index in [2.05, 4.69) is 58.1 Å². The summed E-state index contributed by atoms with van der Waals surface area (Å²) in [6.07, 6.45) is 0. The zero-order chi connectivity index (χ0) is 14.0. The topological polar surface area (TPSA) is 68.0 Å². The molecule has 0 saturated carbocycles. The first-order chi connectivity index (χ1) is 8.97. The maximum absolute atomic E-state index is 12.1. The molecular formula is C12H8Br3N3O. The Morgan fingerprint density at radius 1 is 1.16 bits per heavy atom. The van der Waals surface area contributed by atoms with Gasteiger partial charge in [0.05, 0.1) is 5.69 Å². The van der Waals surface area contributed by atoms with Crippen LogP contribution in [0.5, 0.6) is 0 Å². The molecule has 0 spiro atoms. The van der Waals surface area contributed by atoms with Crippen LogP contribution < -0.4 is 11.1 Å². The number of rotatable bonds is 2. The summed E-state index contributed by atoms with van der Waals surface area (Å²) in [5, 5.41) is 2.78. The van der Waals surface area contributed by atoms with Gasteiger partial charge in [0.1, 0.15) is 11.5 Å². The molecule has 98 valence electrons. The second kappa shape index (κ2) is 6.02. The third-order valence-corrected chi connectivity index (χ3v) is 3.96. The normalized spacial score (nSPS) is 10.3.